The van der Waals surface area contributed by atoms with Crippen LogP contribution in [0.25, 0.3) is 0 Å². The number of ether oxygens (including phenoxy) is 1. The van der Waals surface area contributed by atoms with Crippen molar-refractivity contribution in [1.82, 2.24) is 14.8 Å². The van der Waals surface area contributed by atoms with Crippen LogP contribution in [0.4, 0.5) is 4.39 Å². The van der Waals surface area contributed by atoms with E-state index >= 15 is 0 Å². The van der Waals surface area contributed by atoms with Gasteiger partial charge in [0.15, 0.2) is 0 Å². The van der Waals surface area contributed by atoms with E-state index in [1.54, 1.807) is 37.2 Å². The van der Waals surface area contributed by atoms with Crippen molar-refractivity contribution in [3.63, 3.8) is 0 Å². The smallest absolute Gasteiger partial charge is 0.259 e. The molecule has 1 aromatic carbocycles. The van der Waals surface area contributed by atoms with Crippen LogP contribution in [0.15, 0.2) is 36.5 Å². The fourth-order valence-corrected chi connectivity index (χ4v) is 3.94. The van der Waals surface area contributed by atoms with E-state index in [0.29, 0.717) is 18.0 Å². The van der Waals surface area contributed by atoms with Gasteiger partial charge in [-0.2, -0.15) is 0 Å². The highest BCUT2D eigenvalue weighted by atomic mass is 19.1. The van der Waals surface area contributed by atoms with E-state index in [-0.39, 0.29) is 42.0 Å². The maximum Gasteiger partial charge on any atom is 0.259 e. The Bertz CT molecular complexity index is 1160. The summed E-state index contributed by atoms with van der Waals surface area (Å²) >= 11 is 0. The van der Waals surface area contributed by atoms with Gasteiger partial charge in [0.1, 0.15) is 17.5 Å². The van der Waals surface area contributed by atoms with Crippen LogP contribution in [-0.4, -0.2) is 70.6 Å². The Hall–Kier alpha value is -3.44. The van der Waals surface area contributed by atoms with Gasteiger partial charge >= 0.3 is 0 Å². The van der Waals surface area contributed by atoms with Crippen molar-refractivity contribution in [2.24, 2.45) is 11.8 Å². The number of halogens is 1. The summed E-state index contributed by atoms with van der Waals surface area (Å²) < 4.78 is 20.4. The van der Waals surface area contributed by atoms with Crippen LogP contribution in [0, 0.1) is 29.5 Å². The molecule has 2 heterocycles. The number of carbonyl (C=O) groups excluding carboxylic acids is 2. The molecule has 3 atom stereocenters. The summed E-state index contributed by atoms with van der Waals surface area (Å²) in [7, 11) is 1.59. The highest BCUT2D eigenvalue weighted by Gasteiger charge is 2.35. The van der Waals surface area contributed by atoms with Gasteiger partial charge in [0.2, 0.25) is 5.88 Å². The van der Waals surface area contributed by atoms with E-state index < -0.39 is 23.9 Å². The maximum atomic E-state index is 14.2. The van der Waals surface area contributed by atoms with E-state index in [2.05, 4.69) is 30.7 Å². The van der Waals surface area contributed by atoms with Crippen molar-refractivity contribution in [2.45, 2.75) is 46.3 Å². The van der Waals surface area contributed by atoms with Crippen LogP contribution in [0.3, 0.4) is 0 Å². The minimum Gasteiger partial charge on any atom is -0.472 e. The van der Waals surface area contributed by atoms with Gasteiger partial charge in [-0.15, -0.1) is 0 Å². The largest absolute Gasteiger partial charge is 0.472 e. The van der Waals surface area contributed by atoms with Crippen LogP contribution in [0.1, 0.15) is 60.4 Å². The van der Waals surface area contributed by atoms with Gasteiger partial charge in [-0.25, -0.2) is 9.37 Å². The zero-order chi connectivity index (χ0) is 26.4. The van der Waals surface area contributed by atoms with Crippen molar-refractivity contribution in [3.8, 4) is 17.7 Å². The molecule has 3 rings (SSSR count). The number of aliphatic hydroxyl groups is 1. The van der Waals surface area contributed by atoms with Gasteiger partial charge < -0.3 is 19.6 Å². The highest BCUT2D eigenvalue weighted by molar-refractivity contribution is 5.97. The van der Waals surface area contributed by atoms with Crippen LogP contribution in [0.5, 0.6) is 5.88 Å². The number of nitrogens with zero attached hydrogens (tertiary/aromatic N) is 3. The second-order valence-corrected chi connectivity index (χ2v) is 9.76. The predicted octanol–water partition coefficient (Wildman–Crippen LogP) is 3.61. The molecule has 2 amide bonds. The number of benzene rings is 1. The molecule has 1 aliphatic heterocycles. The topological polar surface area (TPSA) is 83.0 Å². The summed E-state index contributed by atoms with van der Waals surface area (Å²) in [6.45, 7) is 8.09. The van der Waals surface area contributed by atoms with Crippen molar-refractivity contribution in [3.05, 3.63) is 59.0 Å². The maximum absolute atomic E-state index is 14.2. The van der Waals surface area contributed by atoms with Crippen molar-refractivity contribution >= 4 is 11.8 Å². The number of carbonyl (C=O) groups is 2. The SMILES string of the molecule is CC(C)CC#Cc1cnc2c(c1)C(=O)N([C@H](C)CO)C[C@H](C)[C@@H](CN(C)C(=O)c1ccccc1F)O2. The number of likely N-dealkylation sites (N-methyl/N-ethyl adjacent to an activating group) is 1. The molecule has 36 heavy (non-hydrogen) atoms. The number of aliphatic hydroxyl groups excluding tert-OH is 1. The molecule has 0 unspecified atom stereocenters. The van der Waals surface area contributed by atoms with Gasteiger partial charge in [-0.1, -0.05) is 44.7 Å². The number of pyridine rings is 1. The lowest BCUT2D eigenvalue weighted by molar-refractivity contribution is 0.0312. The van der Waals surface area contributed by atoms with Crippen LogP contribution < -0.4 is 4.74 Å². The van der Waals surface area contributed by atoms with E-state index in [1.165, 1.54) is 23.1 Å². The zero-order valence-electron chi connectivity index (χ0n) is 21.5. The average molecular weight is 496 g/mol. The van der Waals surface area contributed by atoms with E-state index in [0.717, 1.165) is 6.42 Å². The van der Waals surface area contributed by atoms with Gasteiger partial charge in [0.05, 0.1) is 24.8 Å². The first-order valence-corrected chi connectivity index (χ1v) is 12.2. The van der Waals surface area contributed by atoms with Gasteiger partial charge in [-0.05, 0) is 31.0 Å². The van der Waals surface area contributed by atoms with Crippen LogP contribution >= 0.6 is 0 Å². The molecule has 192 valence electrons. The first-order chi connectivity index (χ1) is 17.1. The summed E-state index contributed by atoms with van der Waals surface area (Å²) in [5.74, 6) is 5.16. The van der Waals surface area contributed by atoms with E-state index in [4.69, 9.17) is 4.74 Å². The van der Waals surface area contributed by atoms with Crippen LogP contribution in [0.2, 0.25) is 0 Å². The summed E-state index contributed by atoms with van der Waals surface area (Å²) in [4.78, 5) is 33.8. The third-order valence-electron chi connectivity index (χ3n) is 6.17. The number of fused-ring (bicyclic) bond motifs is 1. The summed E-state index contributed by atoms with van der Waals surface area (Å²) in [5, 5.41) is 9.81. The van der Waals surface area contributed by atoms with Crippen molar-refractivity contribution < 1.29 is 23.8 Å². The molecule has 8 heteroatoms. The average Bonchev–Trinajstić information content (AvgIpc) is 2.85. The van der Waals surface area contributed by atoms with Crippen LogP contribution in [-0.2, 0) is 0 Å². The molecule has 0 saturated heterocycles. The molecular weight excluding hydrogens is 461 g/mol. The minimum atomic E-state index is -0.590. The Labute approximate surface area is 212 Å². The molecule has 7 nitrogen and oxygen atoms in total. The van der Waals surface area contributed by atoms with Gasteiger partial charge in [-0.3, -0.25) is 9.59 Å². The quantitative estimate of drug-likeness (QED) is 0.619. The first kappa shape index (κ1) is 27.2. The monoisotopic (exact) mass is 495 g/mol. The van der Waals surface area contributed by atoms with Crippen molar-refractivity contribution in [2.75, 3.05) is 26.7 Å². The third-order valence-corrected chi connectivity index (χ3v) is 6.17. The Morgan fingerprint density at radius 3 is 2.72 bits per heavy atom. The number of aromatic nitrogens is 1. The Morgan fingerprint density at radius 1 is 1.33 bits per heavy atom. The molecule has 1 N–H and O–H groups in total. The lowest BCUT2D eigenvalue weighted by atomic mass is 9.99. The lowest BCUT2D eigenvalue weighted by Gasteiger charge is -2.37. The summed E-state index contributed by atoms with van der Waals surface area (Å²) in [6.07, 6.45) is 1.75. The first-order valence-electron chi connectivity index (χ1n) is 12.2. The fourth-order valence-electron chi connectivity index (χ4n) is 3.94. The standard InChI is InChI=1S/C28H34FN3O4/c1-18(2)9-8-10-21-13-23-26(30-14-21)36-25(19(3)15-32(28(23)35)20(4)17-33)16-31(5)27(34)22-11-6-7-12-24(22)29/h6-7,11-14,18-20,25,33H,9,15-17H2,1-5H3/t19-,20+,25+/m0/s1. The summed E-state index contributed by atoms with van der Waals surface area (Å²) in [5.41, 5.74) is 0.832. The molecule has 0 aliphatic carbocycles. The second-order valence-electron chi connectivity index (χ2n) is 9.76. The molecule has 2 aromatic rings. The Morgan fingerprint density at radius 2 is 2.06 bits per heavy atom. The number of rotatable bonds is 6. The molecule has 0 bridgehead atoms. The molecule has 0 radical (unpaired) electrons. The zero-order valence-corrected chi connectivity index (χ0v) is 21.5. The summed E-state index contributed by atoms with van der Waals surface area (Å²) in [6, 6.07) is 7.07. The Balaban J connectivity index is 1.94. The minimum absolute atomic E-state index is 0.0210. The number of amides is 2. The number of hydrogen-bond acceptors (Lipinski definition) is 5. The molecule has 0 fully saturated rings. The fraction of sp³-hybridized carbons (Fsp3) is 0.464. The second kappa shape index (κ2) is 12.0. The molecular formula is C28H34FN3O4. The van der Waals surface area contributed by atoms with Gasteiger partial charge in [0, 0.05) is 37.7 Å². The normalized spacial score (nSPS) is 18.3. The lowest BCUT2D eigenvalue weighted by Crippen LogP contribution is -2.50. The molecule has 0 spiro atoms. The third kappa shape index (κ3) is 6.41. The highest BCUT2D eigenvalue weighted by Crippen LogP contribution is 2.27. The van der Waals surface area contributed by atoms with Crippen molar-refractivity contribution in [1.29, 1.82) is 0 Å². The van der Waals surface area contributed by atoms with Gasteiger partial charge in [0.25, 0.3) is 11.8 Å². The predicted molar refractivity (Wildman–Crippen MR) is 135 cm³/mol. The molecule has 1 aliphatic rings. The van der Waals surface area contributed by atoms with E-state index in [9.17, 15) is 19.1 Å². The molecule has 1 aromatic heterocycles. The Kier molecular flexibility index (Phi) is 9.05. The molecule has 0 saturated carbocycles. The number of hydrogen-bond donors (Lipinski definition) is 1. The van der Waals surface area contributed by atoms with E-state index in [1.807, 2.05) is 6.92 Å².